The number of nitrogens with one attached hydrogen (secondary N) is 1. The van der Waals surface area contributed by atoms with Crippen LogP contribution in [0.2, 0.25) is 0 Å². The normalized spacial score (nSPS) is 16.1. The number of halogens is 2. The van der Waals surface area contributed by atoms with Crippen LogP contribution in [-0.4, -0.2) is 33.9 Å². The Hall–Kier alpha value is -3.20. The Kier molecular flexibility index (Phi) is 6.98. The molecule has 2 heterocycles. The van der Waals surface area contributed by atoms with E-state index in [1.807, 2.05) is 0 Å². The Bertz CT molecular complexity index is 1230. The van der Waals surface area contributed by atoms with Crippen LogP contribution in [0.3, 0.4) is 0 Å². The molecule has 6 nitrogen and oxygen atoms in total. The van der Waals surface area contributed by atoms with Gasteiger partial charge in [-0.05, 0) is 35.4 Å². The zero-order valence-corrected chi connectivity index (χ0v) is 21.0. The van der Waals surface area contributed by atoms with Crippen LogP contribution in [0.1, 0.15) is 48.4 Å². The summed E-state index contributed by atoms with van der Waals surface area (Å²) >= 11 is 1.45. The number of carbonyl (C=O) groups is 2. The van der Waals surface area contributed by atoms with Crippen molar-refractivity contribution in [2.75, 3.05) is 17.2 Å². The molecule has 0 aliphatic carbocycles. The Morgan fingerprint density at radius 1 is 1.09 bits per heavy atom. The number of thioether (sulfide) groups is 1. The van der Waals surface area contributed by atoms with E-state index in [1.54, 1.807) is 36.0 Å². The summed E-state index contributed by atoms with van der Waals surface area (Å²) in [6.45, 7) is 6.20. The van der Waals surface area contributed by atoms with Gasteiger partial charge in [0.05, 0.1) is 16.7 Å². The lowest BCUT2D eigenvalue weighted by molar-refractivity contribution is -0.123. The molecule has 3 aromatic rings. The van der Waals surface area contributed by atoms with Crippen molar-refractivity contribution in [3.05, 3.63) is 82.5 Å². The Labute approximate surface area is 207 Å². The van der Waals surface area contributed by atoms with Crippen molar-refractivity contribution in [3.63, 3.8) is 0 Å². The molecule has 2 amide bonds. The molecule has 184 valence electrons. The van der Waals surface area contributed by atoms with Gasteiger partial charge in [-0.1, -0.05) is 45.0 Å². The molecule has 1 aromatic heterocycles. The first-order valence-corrected chi connectivity index (χ1v) is 12.4. The maximum Gasteiger partial charge on any atom is 0.240 e. The minimum atomic E-state index is -0.346. The third kappa shape index (κ3) is 5.40. The number of fused-ring (bicyclic) bond motifs is 1. The molecule has 0 fully saturated rings. The van der Waals surface area contributed by atoms with Crippen molar-refractivity contribution in [3.8, 4) is 0 Å². The number of amides is 2. The number of rotatable bonds is 5. The third-order valence-electron chi connectivity index (χ3n) is 5.83. The summed E-state index contributed by atoms with van der Waals surface area (Å²) in [5.74, 6) is -0.493. The van der Waals surface area contributed by atoms with Crippen molar-refractivity contribution in [1.82, 2.24) is 15.1 Å². The van der Waals surface area contributed by atoms with Gasteiger partial charge in [0.25, 0.3) is 0 Å². The van der Waals surface area contributed by atoms with Crippen LogP contribution in [-0.2, 0) is 28.6 Å². The average molecular weight is 499 g/mol. The minimum Gasteiger partial charge on any atom is -0.350 e. The van der Waals surface area contributed by atoms with Crippen molar-refractivity contribution < 1.29 is 18.4 Å². The summed E-state index contributed by atoms with van der Waals surface area (Å²) in [6, 6.07) is 12.2. The molecule has 0 unspecified atom stereocenters. The highest BCUT2D eigenvalue weighted by Crippen LogP contribution is 2.47. The summed E-state index contributed by atoms with van der Waals surface area (Å²) in [5.41, 5.74) is 2.97. The Balaban J connectivity index is 1.68. The number of benzene rings is 2. The summed E-state index contributed by atoms with van der Waals surface area (Å²) in [4.78, 5) is 27.6. The average Bonchev–Trinajstić information content (AvgIpc) is 3.08. The van der Waals surface area contributed by atoms with E-state index in [4.69, 9.17) is 5.10 Å². The molecular formula is C26H28F2N4O2S. The fourth-order valence-corrected chi connectivity index (χ4v) is 5.35. The van der Waals surface area contributed by atoms with Crippen molar-refractivity contribution >= 4 is 29.4 Å². The molecule has 1 aliphatic heterocycles. The molecule has 0 saturated carbocycles. The quantitative estimate of drug-likeness (QED) is 0.563. The lowest BCUT2D eigenvalue weighted by Gasteiger charge is -2.24. The van der Waals surface area contributed by atoms with Crippen LogP contribution in [0.15, 0.2) is 48.5 Å². The van der Waals surface area contributed by atoms with Gasteiger partial charge in [-0.2, -0.15) is 5.10 Å². The van der Waals surface area contributed by atoms with Crippen LogP contribution in [0, 0.1) is 11.6 Å². The second-order valence-electron chi connectivity index (χ2n) is 9.59. The smallest absolute Gasteiger partial charge is 0.240 e. The van der Waals surface area contributed by atoms with Gasteiger partial charge in [-0.15, -0.1) is 11.8 Å². The van der Waals surface area contributed by atoms with Crippen LogP contribution in [0.25, 0.3) is 0 Å². The summed E-state index contributed by atoms with van der Waals surface area (Å²) in [6.07, 6.45) is 0. The maximum atomic E-state index is 13.6. The molecule has 35 heavy (non-hydrogen) atoms. The molecule has 1 aliphatic rings. The van der Waals surface area contributed by atoms with Crippen molar-refractivity contribution in [1.29, 1.82) is 0 Å². The number of aryl methyl sites for hydroxylation is 1. The SMILES string of the molecule is Cn1nc(C(C)(C)C)c2c1N(CC(=O)NCc1ccc(F)cc1)C(=O)CS[C@@H]2c1ccc(F)cc1. The molecular weight excluding hydrogens is 470 g/mol. The predicted molar refractivity (Wildman–Crippen MR) is 133 cm³/mol. The minimum absolute atomic E-state index is 0.158. The monoisotopic (exact) mass is 498 g/mol. The van der Waals surface area contributed by atoms with E-state index >= 15 is 0 Å². The summed E-state index contributed by atoms with van der Waals surface area (Å²) in [7, 11) is 1.77. The first kappa shape index (κ1) is 24.9. The van der Waals surface area contributed by atoms with Gasteiger partial charge in [0.2, 0.25) is 11.8 Å². The van der Waals surface area contributed by atoms with E-state index in [1.165, 1.54) is 40.9 Å². The van der Waals surface area contributed by atoms with Gasteiger partial charge in [0.1, 0.15) is 24.0 Å². The van der Waals surface area contributed by atoms with Crippen LogP contribution in [0.4, 0.5) is 14.6 Å². The second kappa shape index (κ2) is 9.81. The van der Waals surface area contributed by atoms with Crippen LogP contribution < -0.4 is 10.2 Å². The highest BCUT2D eigenvalue weighted by molar-refractivity contribution is 8.00. The molecule has 0 saturated heterocycles. The first-order valence-electron chi connectivity index (χ1n) is 11.3. The molecule has 4 rings (SSSR count). The predicted octanol–water partition coefficient (Wildman–Crippen LogP) is 4.48. The van der Waals surface area contributed by atoms with Gasteiger partial charge < -0.3 is 5.32 Å². The topological polar surface area (TPSA) is 67.2 Å². The zero-order valence-electron chi connectivity index (χ0n) is 20.1. The molecule has 9 heteroatoms. The fraction of sp³-hybridized carbons (Fsp3) is 0.346. The summed E-state index contributed by atoms with van der Waals surface area (Å²) in [5, 5.41) is 7.32. The van der Waals surface area contributed by atoms with E-state index in [0.717, 1.165) is 22.4 Å². The van der Waals surface area contributed by atoms with Gasteiger partial charge in [-0.3, -0.25) is 19.2 Å². The number of anilines is 1. The fourth-order valence-electron chi connectivity index (χ4n) is 4.15. The third-order valence-corrected chi connectivity index (χ3v) is 7.09. The number of hydrogen-bond donors (Lipinski definition) is 1. The Morgan fingerprint density at radius 2 is 1.69 bits per heavy atom. The van der Waals surface area contributed by atoms with E-state index in [-0.39, 0.29) is 53.0 Å². The van der Waals surface area contributed by atoms with E-state index in [2.05, 4.69) is 26.1 Å². The number of nitrogens with zero attached hydrogens (tertiary/aromatic N) is 3. The highest BCUT2D eigenvalue weighted by atomic mass is 32.2. The largest absolute Gasteiger partial charge is 0.350 e. The second-order valence-corrected chi connectivity index (χ2v) is 10.7. The lowest BCUT2D eigenvalue weighted by atomic mass is 9.87. The Morgan fingerprint density at radius 3 is 2.29 bits per heavy atom. The van der Waals surface area contributed by atoms with Crippen LogP contribution >= 0.6 is 11.8 Å². The maximum absolute atomic E-state index is 13.6. The van der Waals surface area contributed by atoms with Crippen molar-refractivity contribution in [2.24, 2.45) is 7.05 Å². The molecule has 1 atom stereocenters. The highest BCUT2D eigenvalue weighted by Gasteiger charge is 2.38. The van der Waals surface area contributed by atoms with E-state index < -0.39 is 0 Å². The van der Waals surface area contributed by atoms with Gasteiger partial charge >= 0.3 is 0 Å². The first-order chi connectivity index (χ1) is 16.5. The van der Waals surface area contributed by atoms with E-state index in [9.17, 15) is 18.4 Å². The van der Waals surface area contributed by atoms with Gasteiger partial charge in [-0.25, -0.2) is 8.78 Å². The van der Waals surface area contributed by atoms with Crippen LogP contribution in [0.5, 0.6) is 0 Å². The lowest BCUT2D eigenvalue weighted by Crippen LogP contribution is -2.42. The molecule has 0 radical (unpaired) electrons. The standard InChI is InChI=1S/C26H28F2N4O2S/c1-26(2,3)24-22-23(17-7-11-19(28)12-8-17)35-15-21(34)32(25(22)31(4)30-24)14-20(33)29-13-16-5-9-18(27)10-6-16/h5-12,23H,13-15H2,1-4H3,(H,29,33)/t23-/m1/s1. The zero-order chi connectivity index (χ0) is 25.3. The number of carbonyl (C=O) groups excluding carboxylic acids is 2. The van der Waals surface area contributed by atoms with E-state index in [0.29, 0.717) is 5.82 Å². The van der Waals surface area contributed by atoms with Gasteiger partial charge in [0, 0.05) is 24.6 Å². The number of hydrogen-bond acceptors (Lipinski definition) is 4. The molecule has 0 bridgehead atoms. The molecule has 1 N–H and O–H groups in total. The molecule has 0 spiro atoms. The number of aromatic nitrogens is 2. The van der Waals surface area contributed by atoms with Gasteiger partial charge in [0.15, 0.2) is 0 Å². The molecule has 2 aromatic carbocycles. The summed E-state index contributed by atoms with van der Waals surface area (Å²) < 4.78 is 28.4. The van der Waals surface area contributed by atoms with Crippen molar-refractivity contribution in [2.45, 2.75) is 38.0 Å².